The summed E-state index contributed by atoms with van der Waals surface area (Å²) in [5.41, 5.74) is 0.694. The minimum absolute atomic E-state index is 0.0620. The third-order valence-electron chi connectivity index (χ3n) is 2.75. The highest BCUT2D eigenvalue weighted by Crippen LogP contribution is 2.20. The number of halogens is 2. The van der Waals surface area contributed by atoms with Crippen LogP contribution >= 0.6 is 15.9 Å². The molecule has 0 spiro atoms. The quantitative estimate of drug-likeness (QED) is 0.852. The van der Waals surface area contributed by atoms with Gasteiger partial charge >= 0.3 is 5.69 Å². The maximum Gasteiger partial charge on any atom is 0.328 e. The van der Waals surface area contributed by atoms with Crippen molar-refractivity contribution in [2.75, 3.05) is 0 Å². The van der Waals surface area contributed by atoms with Gasteiger partial charge in [0.1, 0.15) is 5.82 Å². The van der Waals surface area contributed by atoms with Crippen molar-refractivity contribution in [2.24, 2.45) is 0 Å². The number of nitrogens with zero attached hydrogens (tertiary/aromatic N) is 2. The molecular formula is C13H14BrFN2O. The molecule has 5 heteroatoms. The molecular weight excluding hydrogens is 299 g/mol. The molecule has 0 unspecified atom stereocenters. The standard InChI is InChI=1S/C13H14BrFN2O/c1-2-6-16-7-8-17(13(16)18)9-10-4-3-5-11(15)12(10)14/h3-5,7-8H,2,6,9H2,1H3. The summed E-state index contributed by atoms with van der Waals surface area (Å²) in [6.07, 6.45) is 4.40. The van der Waals surface area contributed by atoms with Gasteiger partial charge in [0.05, 0.1) is 11.0 Å². The lowest BCUT2D eigenvalue weighted by atomic mass is 10.2. The Kier molecular flexibility index (Phi) is 4.01. The van der Waals surface area contributed by atoms with E-state index in [2.05, 4.69) is 15.9 Å². The summed E-state index contributed by atoms with van der Waals surface area (Å²) < 4.78 is 17.0. The Morgan fingerprint density at radius 2 is 2.00 bits per heavy atom. The lowest BCUT2D eigenvalue weighted by Gasteiger charge is -2.05. The first-order chi connectivity index (χ1) is 8.63. The predicted molar refractivity (Wildman–Crippen MR) is 72.2 cm³/mol. The second-order valence-electron chi connectivity index (χ2n) is 4.11. The van der Waals surface area contributed by atoms with Crippen LogP contribution < -0.4 is 5.69 Å². The van der Waals surface area contributed by atoms with E-state index in [4.69, 9.17) is 0 Å². The van der Waals surface area contributed by atoms with Crippen molar-refractivity contribution in [1.82, 2.24) is 9.13 Å². The third kappa shape index (κ3) is 2.56. The number of hydrogen-bond donors (Lipinski definition) is 0. The Bertz CT molecular complexity index is 603. The van der Waals surface area contributed by atoms with Crippen LogP contribution in [0.2, 0.25) is 0 Å². The van der Waals surface area contributed by atoms with Gasteiger partial charge in [-0.05, 0) is 34.0 Å². The van der Waals surface area contributed by atoms with Gasteiger partial charge in [-0.2, -0.15) is 0 Å². The number of imidazole rings is 1. The summed E-state index contributed by atoms with van der Waals surface area (Å²) in [6, 6.07) is 4.83. The summed E-state index contributed by atoms with van der Waals surface area (Å²) in [6.45, 7) is 3.09. The molecule has 0 aliphatic carbocycles. The fraction of sp³-hybridized carbons (Fsp3) is 0.308. The van der Waals surface area contributed by atoms with Crippen molar-refractivity contribution in [3.8, 4) is 0 Å². The van der Waals surface area contributed by atoms with Crippen LogP contribution in [0.1, 0.15) is 18.9 Å². The highest BCUT2D eigenvalue weighted by molar-refractivity contribution is 9.10. The zero-order valence-corrected chi connectivity index (χ0v) is 11.7. The van der Waals surface area contributed by atoms with Gasteiger partial charge in [-0.3, -0.25) is 9.13 Å². The minimum Gasteiger partial charge on any atom is -0.299 e. The van der Waals surface area contributed by atoms with Gasteiger partial charge in [0.2, 0.25) is 0 Å². The fourth-order valence-corrected chi connectivity index (χ4v) is 2.23. The van der Waals surface area contributed by atoms with Crippen molar-refractivity contribution >= 4 is 15.9 Å². The molecule has 0 aliphatic heterocycles. The molecule has 96 valence electrons. The Labute approximate surface area is 113 Å². The van der Waals surface area contributed by atoms with Gasteiger partial charge in [-0.1, -0.05) is 19.1 Å². The van der Waals surface area contributed by atoms with Gasteiger partial charge < -0.3 is 0 Å². The van der Waals surface area contributed by atoms with Crippen LogP contribution in [0.25, 0.3) is 0 Å². The Morgan fingerprint density at radius 3 is 2.72 bits per heavy atom. The van der Waals surface area contributed by atoms with Crippen LogP contribution in [0.3, 0.4) is 0 Å². The second-order valence-corrected chi connectivity index (χ2v) is 4.91. The van der Waals surface area contributed by atoms with E-state index in [9.17, 15) is 9.18 Å². The Hall–Kier alpha value is -1.36. The molecule has 2 aromatic rings. The monoisotopic (exact) mass is 312 g/mol. The zero-order chi connectivity index (χ0) is 13.1. The molecule has 0 bridgehead atoms. The number of aromatic nitrogens is 2. The molecule has 0 atom stereocenters. The zero-order valence-electron chi connectivity index (χ0n) is 10.1. The normalized spacial score (nSPS) is 10.8. The van der Waals surface area contributed by atoms with E-state index in [1.165, 1.54) is 6.07 Å². The van der Waals surface area contributed by atoms with E-state index < -0.39 is 0 Å². The molecule has 3 nitrogen and oxygen atoms in total. The van der Waals surface area contributed by atoms with Gasteiger partial charge in [0, 0.05) is 18.9 Å². The van der Waals surface area contributed by atoms with E-state index in [1.807, 2.05) is 6.92 Å². The van der Waals surface area contributed by atoms with E-state index in [0.717, 1.165) is 12.0 Å². The van der Waals surface area contributed by atoms with E-state index in [-0.39, 0.29) is 11.5 Å². The van der Waals surface area contributed by atoms with Crippen LogP contribution in [-0.2, 0) is 13.1 Å². The number of rotatable bonds is 4. The average molecular weight is 313 g/mol. The Balaban J connectivity index is 2.29. The van der Waals surface area contributed by atoms with Gasteiger partial charge in [-0.15, -0.1) is 0 Å². The topological polar surface area (TPSA) is 26.9 Å². The van der Waals surface area contributed by atoms with Crippen molar-refractivity contribution in [1.29, 1.82) is 0 Å². The van der Waals surface area contributed by atoms with Crippen molar-refractivity contribution in [3.63, 3.8) is 0 Å². The number of aryl methyl sites for hydroxylation is 1. The number of benzene rings is 1. The highest BCUT2D eigenvalue weighted by atomic mass is 79.9. The molecule has 1 aromatic heterocycles. The molecule has 18 heavy (non-hydrogen) atoms. The molecule has 1 aromatic carbocycles. The van der Waals surface area contributed by atoms with Gasteiger partial charge in [0.15, 0.2) is 0 Å². The van der Waals surface area contributed by atoms with Crippen molar-refractivity contribution < 1.29 is 4.39 Å². The third-order valence-corrected chi connectivity index (χ3v) is 3.64. The SMILES string of the molecule is CCCn1ccn(Cc2cccc(F)c2Br)c1=O. The van der Waals surface area contributed by atoms with Gasteiger partial charge in [-0.25, -0.2) is 9.18 Å². The smallest absolute Gasteiger partial charge is 0.299 e. The Morgan fingerprint density at radius 1 is 1.28 bits per heavy atom. The van der Waals surface area contributed by atoms with Crippen LogP contribution in [0.4, 0.5) is 4.39 Å². The lowest BCUT2D eigenvalue weighted by Crippen LogP contribution is -2.24. The van der Waals surface area contributed by atoms with Crippen LogP contribution in [-0.4, -0.2) is 9.13 Å². The van der Waals surface area contributed by atoms with Crippen molar-refractivity contribution in [2.45, 2.75) is 26.4 Å². The molecule has 0 saturated heterocycles. The summed E-state index contributed by atoms with van der Waals surface area (Å²) >= 11 is 3.20. The molecule has 0 amide bonds. The average Bonchev–Trinajstić information content (AvgIpc) is 2.68. The summed E-state index contributed by atoms with van der Waals surface area (Å²) in [7, 11) is 0. The first-order valence-corrected chi connectivity index (χ1v) is 6.61. The van der Waals surface area contributed by atoms with Gasteiger partial charge in [0.25, 0.3) is 0 Å². The van der Waals surface area contributed by atoms with Crippen LogP contribution in [0.15, 0.2) is 39.9 Å². The molecule has 1 heterocycles. The molecule has 0 radical (unpaired) electrons. The molecule has 0 saturated carbocycles. The van der Waals surface area contributed by atoms with E-state index >= 15 is 0 Å². The van der Waals surface area contributed by atoms with Crippen molar-refractivity contribution in [3.05, 3.63) is 56.9 Å². The maximum atomic E-state index is 13.4. The fourth-order valence-electron chi connectivity index (χ4n) is 1.84. The first-order valence-electron chi connectivity index (χ1n) is 5.82. The highest BCUT2D eigenvalue weighted by Gasteiger charge is 2.08. The predicted octanol–water partition coefficient (Wildman–Crippen LogP) is 3.01. The van der Waals surface area contributed by atoms with Crippen LogP contribution in [0.5, 0.6) is 0 Å². The number of hydrogen-bond acceptors (Lipinski definition) is 1. The maximum absolute atomic E-state index is 13.4. The lowest BCUT2D eigenvalue weighted by molar-refractivity contribution is 0.607. The van der Waals surface area contributed by atoms with E-state index in [1.54, 1.807) is 33.7 Å². The molecule has 0 N–H and O–H groups in total. The minimum atomic E-state index is -0.312. The first kappa shape index (κ1) is 13.1. The summed E-state index contributed by atoms with van der Waals surface area (Å²) in [5.74, 6) is -0.312. The largest absolute Gasteiger partial charge is 0.328 e. The summed E-state index contributed by atoms with van der Waals surface area (Å²) in [5, 5.41) is 0. The molecule has 0 aliphatic rings. The van der Waals surface area contributed by atoms with Crippen LogP contribution in [0, 0.1) is 5.82 Å². The second kappa shape index (κ2) is 5.52. The molecule has 0 fully saturated rings. The van der Waals surface area contributed by atoms with E-state index in [0.29, 0.717) is 17.6 Å². The molecule has 2 rings (SSSR count). The summed E-state index contributed by atoms with van der Waals surface area (Å²) in [4.78, 5) is 12.0.